The summed E-state index contributed by atoms with van der Waals surface area (Å²) in [5.41, 5.74) is 0.800. The van der Waals surface area contributed by atoms with Crippen molar-refractivity contribution in [2.75, 3.05) is 6.26 Å². The number of hydrogen-bond acceptors (Lipinski definition) is 3. The molecule has 5 nitrogen and oxygen atoms in total. The van der Waals surface area contributed by atoms with E-state index in [0.29, 0.717) is 5.92 Å². The van der Waals surface area contributed by atoms with Crippen LogP contribution in [0.5, 0.6) is 0 Å². The summed E-state index contributed by atoms with van der Waals surface area (Å²) in [6.45, 7) is 3.49. The fourth-order valence-corrected chi connectivity index (χ4v) is 2.34. The topological polar surface area (TPSA) is 64.0 Å². The summed E-state index contributed by atoms with van der Waals surface area (Å²) in [7, 11) is -3.13. The maximum absolute atomic E-state index is 11.0. The molecule has 0 aromatic carbocycles. The summed E-state index contributed by atoms with van der Waals surface area (Å²) in [5, 5.41) is 0. The van der Waals surface area contributed by atoms with Gasteiger partial charge in [-0.1, -0.05) is 6.92 Å². The first-order valence-electron chi connectivity index (χ1n) is 5.43. The average Bonchev–Trinajstić information content (AvgIpc) is 2.55. The smallest absolute Gasteiger partial charge is 0.209 e. The molecule has 90 valence electrons. The second-order valence-electron chi connectivity index (χ2n) is 4.53. The van der Waals surface area contributed by atoms with Crippen molar-refractivity contribution in [3.63, 3.8) is 0 Å². The third kappa shape index (κ3) is 2.82. The number of imidazole rings is 1. The van der Waals surface area contributed by atoms with E-state index >= 15 is 0 Å². The fourth-order valence-electron chi connectivity index (χ4n) is 1.93. The van der Waals surface area contributed by atoms with Gasteiger partial charge in [-0.2, -0.15) is 0 Å². The molecule has 1 aromatic rings. The number of hydrogen-bond donors (Lipinski definition) is 1. The lowest BCUT2D eigenvalue weighted by Crippen LogP contribution is -2.21. The van der Waals surface area contributed by atoms with Crippen LogP contribution in [0.3, 0.4) is 0 Å². The molecule has 0 saturated carbocycles. The number of nitrogens with zero attached hydrogens (tertiary/aromatic N) is 2. The van der Waals surface area contributed by atoms with Gasteiger partial charge in [0.1, 0.15) is 5.82 Å². The van der Waals surface area contributed by atoms with Crippen molar-refractivity contribution in [2.45, 2.75) is 32.9 Å². The lowest BCUT2D eigenvalue weighted by molar-refractivity contribution is 0.409. The van der Waals surface area contributed by atoms with Gasteiger partial charge in [0.15, 0.2) is 0 Å². The summed E-state index contributed by atoms with van der Waals surface area (Å²) in [6, 6.07) is 0. The third-order valence-corrected chi connectivity index (χ3v) is 3.49. The van der Waals surface area contributed by atoms with Gasteiger partial charge in [-0.15, -0.1) is 0 Å². The number of nitrogens with one attached hydrogen (secondary N) is 1. The van der Waals surface area contributed by atoms with E-state index in [1.807, 2.05) is 6.20 Å². The van der Waals surface area contributed by atoms with Crippen molar-refractivity contribution in [3.05, 3.63) is 17.7 Å². The molecule has 1 atom stereocenters. The van der Waals surface area contributed by atoms with Gasteiger partial charge in [0.05, 0.1) is 18.5 Å². The van der Waals surface area contributed by atoms with Crippen molar-refractivity contribution in [3.8, 4) is 0 Å². The summed E-state index contributed by atoms with van der Waals surface area (Å²) in [5.74, 6) is 1.75. The molecule has 0 amide bonds. The van der Waals surface area contributed by atoms with Crippen molar-refractivity contribution in [1.29, 1.82) is 0 Å². The highest BCUT2D eigenvalue weighted by Gasteiger charge is 2.17. The van der Waals surface area contributed by atoms with Gasteiger partial charge in [0.25, 0.3) is 0 Å². The first-order chi connectivity index (χ1) is 7.44. The maximum atomic E-state index is 11.0. The lowest BCUT2D eigenvalue weighted by atomic mass is 10.0. The van der Waals surface area contributed by atoms with E-state index in [9.17, 15) is 8.42 Å². The molecule has 1 N–H and O–H groups in total. The monoisotopic (exact) mass is 243 g/mol. The van der Waals surface area contributed by atoms with E-state index < -0.39 is 10.0 Å². The third-order valence-electron chi connectivity index (χ3n) is 2.82. The highest BCUT2D eigenvalue weighted by Crippen LogP contribution is 2.19. The standard InChI is InChI=1S/C10H17N3O2S/c1-8-3-4-13-7-9(12-10(13)5-8)6-11-16(2,14)15/h7-8,11H,3-6H2,1-2H3. The molecule has 0 saturated heterocycles. The van der Waals surface area contributed by atoms with E-state index in [-0.39, 0.29) is 6.54 Å². The minimum atomic E-state index is -3.13. The Morgan fingerprint density at radius 2 is 2.38 bits per heavy atom. The Bertz CT molecular complexity index is 478. The van der Waals surface area contributed by atoms with Crippen LogP contribution in [0, 0.1) is 5.92 Å². The minimum Gasteiger partial charge on any atom is -0.335 e. The van der Waals surface area contributed by atoms with Gasteiger partial charge in [0.2, 0.25) is 10.0 Å². The fraction of sp³-hybridized carbons (Fsp3) is 0.700. The van der Waals surface area contributed by atoms with E-state index in [0.717, 1.165) is 30.7 Å². The average molecular weight is 243 g/mol. The summed E-state index contributed by atoms with van der Waals surface area (Å²) < 4.78 is 26.5. The van der Waals surface area contributed by atoms with Crippen LogP contribution in [0.25, 0.3) is 0 Å². The molecule has 1 aromatic heterocycles. The summed E-state index contributed by atoms with van der Waals surface area (Å²) >= 11 is 0. The molecule has 1 aliphatic rings. The Hall–Kier alpha value is -0.880. The molecule has 0 spiro atoms. The second kappa shape index (κ2) is 4.18. The number of aryl methyl sites for hydroxylation is 1. The largest absolute Gasteiger partial charge is 0.335 e. The number of rotatable bonds is 3. The number of aromatic nitrogens is 2. The molecule has 1 aliphatic heterocycles. The SMILES string of the molecule is CC1CCn2cc(CNS(C)(=O)=O)nc2C1. The molecule has 16 heavy (non-hydrogen) atoms. The molecule has 2 heterocycles. The Morgan fingerprint density at radius 3 is 3.06 bits per heavy atom. The van der Waals surface area contributed by atoms with E-state index in [4.69, 9.17) is 0 Å². The van der Waals surface area contributed by atoms with Gasteiger partial charge in [-0.05, 0) is 12.3 Å². The Kier molecular flexibility index (Phi) is 3.03. The van der Waals surface area contributed by atoms with E-state index in [1.54, 1.807) is 0 Å². The van der Waals surface area contributed by atoms with E-state index in [2.05, 4.69) is 21.2 Å². The van der Waals surface area contributed by atoms with Gasteiger partial charge < -0.3 is 4.57 Å². The molecule has 0 radical (unpaired) electrons. The Labute approximate surface area is 95.9 Å². The van der Waals surface area contributed by atoms with Crippen LogP contribution in [0.4, 0.5) is 0 Å². The molecule has 0 fully saturated rings. The predicted molar refractivity (Wildman–Crippen MR) is 61.4 cm³/mol. The van der Waals surface area contributed by atoms with Crippen LogP contribution >= 0.6 is 0 Å². The zero-order valence-electron chi connectivity index (χ0n) is 9.60. The molecular formula is C10H17N3O2S. The highest BCUT2D eigenvalue weighted by atomic mass is 32.2. The lowest BCUT2D eigenvalue weighted by Gasteiger charge is -2.18. The van der Waals surface area contributed by atoms with Crippen LogP contribution in [0.2, 0.25) is 0 Å². The van der Waals surface area contributed by atoms with Gasteiger partial charge in [-0.3, -0.25) is 0 Å². The Morgan fingerprint density at radius 1 is 1.62 bits per heavy atom. The molecule has 0 bridgehead atoms. The predicted octanol–water partition coefficient (Wildman–Crippen LogP) is 0.515. The number of fused-ring (bicyclic) bond motifs is 1. The summed E-state index contributed by atoms with van der Waals surface area (Å²) in [6.07, 6.45) is 5.26. The van der Waals surface area contributed by atoms with Crippen molar-refractivity contribution in [2.24, 2.45) is 5.92 Å². The number of sulfonamides is 1. The highest BCUT2D eigenvalue weighted by molar-refractivity contribution is 7.88. The maximum Gasteiger partial charge on any atom is 0.209 e. The van der Waals surface area contributed by atoms with Crippen LogP contribution in [0.1, 0.15) is 24.9 Å². The van der Waals surface area contributed by atoms with Crippen molar-refractivity contribution in [1.82, 2.24) is 14.3 Å². The molecule has 2 rings (SSSR count). The first kappa shape index (κ1) is 11.6. The summed E-state index contributed by atoms with van der Waals surface area (Å²) in [4.78, 5) is 4.44. The molecular weight excluding hydrogens is 226 g/mol. The zero-order chi connectivity index (χ0) is 11.8. The van der Waals surface area contributed by atoms with Crippen LogP contribution in [0.15, 0.2) is 6.20 Å². The van der Waals surface area contributed by atoms with Gasteiger partial charge >= 0.3 is 0 Å². The Balaban J connectivity index is 2.07. The molecule has 6 heteroatoms. The zero-order valence-corrected chi connectivity index (χ0v) is 10.4. The van der Waals surface area contributed by atoms with E-state index in [1.165, 1.54) is 6.42 Å². The van der Waals surface area contributed by atoms with Crippen LogP contribution in [-0.2, 0) is 29.5 Å². The molecule has 1 unspecified atom stereocenters. The van der Waals surface area contributed by atoms with Crippen molar-refractivity contribution >= 4 is 10.0 Å². The first-order valence-corrected chi connectivity index (χ1v) is 7.33. The minimum absolute atomic E-state index is 0.285. The van der Waals surface area contributed by atoms with Crippen LogP contribution < -0.4 is 4.72 Å². The molecule has 0 aliphatic carbocycles. The van der Waals surface area contributed by atoms with Crippen molar-refractivity contribution < 1.29 is 8.42 Å². The van der Waals surface area contributed by atoms with Crippen LogP contribution in [-0.4, -0.2) is 24.2 Å². The normalized spacial score (nSPS) is 20.8. The van der Waals surface area contributed by atoms with Gasteiger partial charge in [0, 0.05) is 19.2 Å². The quantitative estimate of drug-likeness (QED) is 0.841. The second-order valence-corrected chi connectivity index (χ2v) is 6.37. The van der Waals surface area contributed by atoms with Gasteiger partial charge in [-0.25, -0.2) is 18.1 Å².